The maximum atomic E-state index is 11.3. The van der Waals surface area contributed by atoms with Crippen LogP contribution in [0, 0.1) is 18.8 Å². The average molecular weight is 507 g/mol. The highest BCUT2D eigenvalue weighted by Crippen LogP contribution is 2.33. The molecule has 0 aliphatic carbocycles. The fraction of sp³-hybridized carbons (Fsp3) is 0.467. The van der Waals surface area contributed by atoms with Crippen LogP contribution in [0.1, 0.15) is 43.2 Å². The van der Waals surface area contributed by atoms with E-state index in [1.807, 2.05) is 30.1 Å². The van der Waals surface area contributed by atoms with Crippen LogP contribution < -0.4 is 4.74 Å². The van der Waals surface area contributed by atoms with E-state index in [0.717, 1.165) is 68.8 Å². The third-order valence-corrected chi connectivity index (χ3v) is 8.45. The summed E-state index contributed by atoms with van der Waals surface area (Å²) in [6.45, 7) is 5.30. The molecule has 0 radical (unpaired) electrons. The van der Waals surface area contributed by atoms with E-state index >= 15 is 0 Å². The van der Waals surface area contributed by atoms with Gasteiger partial charge in [-0.2, -0.15) is 0 Å². The minimum atomic E-state index is -0.682. The molecule has 0 saturated carbocycles. The number of methoxy groups -OCH3 is 1. The highest BCUT2D eigenvalue weighted by Gasteiger charge is 2.29. The van der Waals surface area contributed by atoms with Crippen molar-refractivity contribution in [1.29, 1.82) is 0 Å². The van der Waals surface area contributed by atoms with Crippen LogP contribution in [0.3, 0.4) is 0 Å². The summed E-state index contributed by atoms with van der Waals surface area (Å²) in [6.07, 6.45) is 7.35. The Morgan fingerprint density at radius 2 is 1.97 bits per heavy atom. The number of thioether (sulfide) groups is 1. The molecule has 0 amide bonds. The molecule has 2 heterocycles. The maximum absolute atomic E-state index is 11.3. The Kier molecular flexibility index (Phi) is 9.65. The molecule has 1 aromatic heterocycles. The zero-order valence-electron chi connectivity index (χ0n) is 21.5. The smallest absolute Gasteiger partial charge is 0.303 e. The lowest BCUT2D eigenvalue weighted by atomic mass is 9.79. The van der Waals surface area contributed by atoms with E-state index in [-0.39, 0.29) is 6.42 Å². The van der Waals surface area contributed by atoms with Gasteiger partial charge in [-0.15, -0.1) is 11.8 Å². The van der Waals surface area contributed by atoms with E-state index in [0.29, 0.717) is 11.8 Å². The van der Waals surface area contributed by atoms with E-state index < -0.39 is 5.97 Å². The van der Waals surface area contributed by atoms with Crippen molar-refractivity contribution in [1.82, 2.24) is 9.88 Å². The zero-order valence-corrected chi connectivity index (χ0v) is 22.3. The van der Waals surface area contributed by atoms with Gasteiger partial charge in [0.05, 0.1) is 12.6 Å². The van der Waals surface area contributed by atoms with Gasteiger partial charge in [-0.25, -0.2) is 0 Å². The van der Waals surface area contributed by atoms with Crippen molar-refractivity contribution in [2.24, 2.45) is 11.8 Å². The lowest BCUT2D eigenvalue weighted by molar-refractivity contribution is -0.137. The molecule has 6 heteroatoms. The first kappa shape index (κ1) is 26.5. The Balaban J connectivity index is 1.31. The molecule has 2 aromatic carbocycles. The van der Waals surface area contributed by atoms with Crippen LogP contribution in [0.2, 0.25) is 0 Å². The minimum Gasteiger partial charge on any atom is -0.497 e. The van der Waals surface area contributed by atoms with Crippen LogP contribution >= 0.6 is 11.8 Å². The van der Waals surface area contributed by atoms with E-state index in [2.05, 4.69) is 53.2 Å². The second-order valence-electron chi connectivity index (χ2n) is 9.95. The number of pyridine rings is 1. The van der Waals surface area contributed by atoms with Crippen LogP contribution in [0.4, 0.5) is 0 Å². The molecule has 0 bridgehead atoms. The molecule has 1 aliphatic rings. The number of carboxylic acid groups (broad SMARTS) is 1. The number of benzene rings is 2. The molecule has 4 rings (SSSR count). The Labute approximate surface area is 219 Å². The molecule has 5 nitrogen and oxygen atoms in total. The Morgan fingerprint density at radius 3 is 2.75 bits per heavy atom. The van der Waals surface area contributed by atoms with Gasteiger partial charge in [-0.3, -0.25) is 9.78 Å². The molecule has 0 spiro atoms. The van der Waals surface area contributed by atoms with Gasteiger partial charge in [0.25, 0.3) is 0 Å². The van der Waals surface area contributed by atoms with Crippen LogP contribution in [-0.2, 0) is 11.2 Å². The van der Waals surface area contributed by atoms with Crippen molar-refractivity contribution in [2.75, 3.05) is 32.5 Å². The van der Waals surface area contributed by atoms with E-state index in [4.69, 9.17) is 4.74 Å². The van der Waals surface area contributed by atoms with Gasteiger partial charge in [-0.1, -0.05) is 17.7 Å². The number of ether oxygens (including phenoxy) is 1. The first-order valence-corrected chi connectivity index (χ1v) is 14.1. The standard InChI is InChI=1S/C30H38N2O3S/c1-22-6-10-27(11-7-22)36-19-18-32-17-15-23(25(21-32)8-13-30(33)34)4-3-5-24-14-16-31-29-12-9-26(35-2)20-28(24)29/h6-7,9-12,14,16,20,23,25H,3-5,8,13,15,17-19,21H2,1-2H3,(H,33,34). The summed E-state index contributed by atoms with van der Waals surface area (Å²) in [7, 11) is 1.70. The van der Waals surface area contributed by atoms with Crippen molar-refractivity contribution in [2.45, 2.75) is 50.3 Å². The number of fused-ring (bicyclic) bond motifs is 1. The molecule has 1 N–H and O–H groups in total. The topological polar surface area (TPSA) is 62.7 Å². The van der Waals surface area contributed by atoms with E-state index in [1.165, 1.54) is 21.4 Å². The fourth-order valence-corrected chi connectivity index (χ4v) is 6.30. The van der Waals surface area contributed by atoms with E-state index in [1.54, 1.807) is 7.11 Å². The van der Waals surface area contributed by atoms with Crippen molar-refractivity contribution in [3.05, 3.63) is 65.9 Å². The highest BCUT2D eigenvalue weighted by molar-refractivity contribution is 7.99. The zero-order chi connectivity index (χ0) is 25.3. The normalized spacial score (nSPS) is 18.4. The quantitative estimate of drug-likeness (QED) is 0.284. The number of nitrogens with zero attached hydrogens (tertiary/aromatic N) is 2. The minimum absolute atomic E-state index is 0.266. The molecular weight excluding hydrogens is 468 g/mol. The van der Waals surface area contributed by atoms with Gasteiger partial charge in [0.2, 0.25) is 0 Å². The number of aromatic nitrogens is 1. The summed E-state index contributed by atoms with van der Waals surface area (Å²) in [5, 5.41) is 10.5. The number of piperidine rings is 1. The SMILES string of the molecule is COc1ccc2nccc(CCCC3CCN(CCSc4ccc(C)cc4)CC3CCC(=O)O)c2c1. The van der Waals surface area contributed by atoms with Crippen molar-refractivity contribution in [3.63, 3.8) is 0 Å². The van der Waals surface area contributed by atoms with Crippen molar-refractivity contribution < 1.29 is 14.6 Å². The second-order valence-corrected chi connectivity index (χ2v) is 11.1. The summed E-state index contributed by atoms with van der Waals surface area (Å²) in [4.78, 5) is 19.7. The molecule has 1 aliphatic heterocycles. The number of aliphatic carboxylic acids is 1. The lowest BCUT2D eigenvalue weighted by Crippen LogP contribution is -2.41. The molecule has 2 unspecified atom stereocenters. The highest BCUT2D eigenvalue weighted by atomic mass is 32.2. The molecular formula is C30H38N2O3S. The van der Waals surface area contributed by atoms with Gasteiger partial charge in [0.15, 0.2) is 0 Å². The maximum Gasteiger partial charge on any atom is 0.303 e. The first-order valence-electron chi connectivity index (χ1n) is 13.1. The number of carboxylic acids is 1. The summed E-state index contributed by atoms with van der Waals surface area (Å²) < 4.78 is 5.42. The van der Waals surface area contributed by atoms with Gasteiger partial charge >= 0.3 is 5.97 Å². The predicted molar refractivity (Wildman–Crippen MR) is 148 cm³/mol. The number of carbonyl (C=O) groups is 1. The average Bonchev–Trinajstić information content (AvgIpc) is 2.89. The third-order valence-electron chi connectivity index (χ3n) is 7.46. The Hall–Kier alpha value is -2.57. The number of hydrogen-bond donors (Lipinski definition) is 1. The molecule has 2 atom stereocenters. The second kappa shape index (κ2) is 13.1. The van der Waals surface area contributed by atoms with Crippen LogP contribution in [-0.4, -0.2) is 53.5 Å². The summed E-state index contributed by atoms with van der Waals surface area (Å²) in [5.41, 5.74) is 3.61. The molecule has 3 aromatic rings. The summed E-state index contributed by atoms with van der Waals surface area (Å²) in [5.74, 6) is 2.29. The lowest BCUT2D eigenvalue weighted by Gasteiger charge is -2.39. The summed E-state index contributed by atoms with van der Waals surface area (Å²) in [6, 6.07) is 16.9. The molecule has 36 heavy (non-hydrogen) atoms. The van der Waals surface area contributed by atoms with Crippen molar-refractivity contribution >= 4 is 28.6 Å². The molecule has 192 valence electrons. The van der Waals surface area contributed by atoms with Gasteiger partial charge < -0.3 is 14.7 Å². The number of aryl methyl sites for hydroxylation is 2. The van der Waals surface area contributed by atoms with Crippen LogP contribution in [0.5, 0.6) is 5.75 Å². The fourth-order valence-electron chi connectivity index (χ4n) is 5.38. The predicted octanol–water partition coefficient (Wildman–Crippen LogP) is 6.47. The molecule has 1 saturated heterocycles. The monoisotopic (exact) mass is 506 g/mol. The Bertz CT molecular complexity index is 1130. The number of likely N-dealkylation sites (tertiary alicyclic amines) is 1. The van der Waals surface area contributed by atoms with Gasteiger partial charge in [-0.05, 0) is 99.4 Å². The van der Waals surface area contributed by atoms with Gasteiger partial charge in [0.1, 0.15) is 5.75 Å². The van der Waals surface area contributed by atoms with E-state index in [9.17, 15) is 9.90 Å². The largest absolute Gasteiger partial charge is 0.497 e. The van der Waals surface area contributed by atoms with Crippen LogP contribution in [0.25, 0.3) is 10.9 Å². The van der Waals surface area contributed by atoms with Crippen molar-refractivity contribution in [3.8, 4) is 5.75 Å². The first-order chi connectivity index (χ1) is 17.5. The van der Waals surface area contributed by atoms with Crippen LogP contribution in [0.15, 0.2) is 59.6 Å². The van der Waals surface area contributed by atoms with Gasteiger partial charge in [0, 0.05) is 41.7 Å². The Morgan fingerprint density at radius 1 is 1.14 bits per heavy atom. The number of rotatable bonds is 12. The molecule has 1 fully saturated rings. The number of hydrogen-bond acceptors (Lipinski definition) is 5. The third kappa shape index (κ3) is 7.47. The summed E-state index contributed by atoms with van der Waals surface area (Å²) >= 11 is 1.91.